The van der Waals surface area contributed by atoms with Gasteiger partial charge in [0, 0.05) is 0 Å². The lowest BCUT2D eigenvalue weighted by Crippen LogP contribution is -2.41. The fourth-order valence-electron chi connectivity index (χ4n) is 0.275. The van der Waals surface area contributed by atoms with Crippen LogP contribution in [0.2, 0.25) is 0 Å². The highest BCUT2D eigenvalue weighted by Gasteiger charge is 2.14. The standard InChI is InChI=1S/C4H7NO4.C2H7NO3/c5-2(4(8)9)1-3(6)7;1-3-2(4,5)6/h2H,1,5H2,(H,6,7)(H,8,9);3-6H,1H3. The summed E-state index contributed by atoms with van der Waals surface area (Å²) in [6.45, 7) is 0. The van der Waals surface area contributed by atoms with Crippen LogP contribution in [-0.4, -0.2) is 56.7 Å². The second-order valence-electron chi connectivity index (χ2n) is 2.43. The van der Waals surface area contributed by atoms with Gasteiger partial charge >= 0.3 is 18.0 Å². The summed E-state index contributed by atoms with van der Waals surface area (Å²) in [6, 6.07) is -1.29. The number of aliphatic carboxylic acids is 2. The van der Waals surface area contributed by atoms with Crippen molar-refractivity contribution in [2.45, 2.75) is 18.6 Å². The summed E-state index contributed by atoms with van der Waals surface area (Å²) >= 11 is 0. The molecule has 0 aliphatic heterocycles. The minimum atomic E-state index is -2.71. The van der Waals surface area contributed by atoms with Gasteiger partial charge in [-0.05, 0) is 7.05 Å². The first-order chi connectivity index (χ1) is 6.60. The predicted molar refractivity (Wildman–Crippen MR) is 46.3 cm³/mol. The highest BCUT2D eigenvalue weighted by atomic mass is 16.7. The van der Waals surface area contributed by atoms with E-state index in [-0.39, 0.29) is 0 Å². The summed E-state index contributed by atoms with van der Waals surface area (Å²) in [4.78, 5) is 19.6. The van der Waals surface area contributed by atoms with E-state index in [1.54, 1.807) is 5.32 Å². The molecule has 1 atom stereocenters. The van der Waals surface area contributed by atoms with E-state index in [2.05, 4.69) is 0 Å². The molecule has 0 rings (SSSR count). The number of nitrogens with one attached hydrogen (secondary N) is 1. The summed E-state index contributed by atoms with van der Waals surface area (Å²) in [6.07, 6.45) is -3.24. The maximum Gasteiger partial charge on any atom is 0.342 e. The minimum Gasteiger partial charge on any atom is -0.481 e. The minimum absolute atomic E-state index is 0.532. The predicted octanol–water partition coefficient (Wildman–Crippen LogP) is -3.33. The Labute approximate surface area is 84.8 Å². The van der Waals surface area contributed by atoms with Crippen LogP contribution >= 0.6 is 0 Å². The first-order valence-electron chi connectivity index (χ1n) is 3.66. The van der Waals surface area contributed by atoms with E-state index in [1.165, 1.54) is 7.05 Å². The Hall–Kier alpha value is -1.26. The molecule has 90 valence electrons. The van der Waals surface area contributed by atoms with Crippen LogP contribution in [0.5, 0.6) is 0 Å². The molecule has 0 aromatic rings. The van der Waals surface area contributed by atoms with Crippen molar-refractivity contribution in [2.75, 3.05) is 7.05 Å². The number of rotatable bonds is 4. The first-order valence-corrected chi connectivity index (χ1v) is 3.66. The molecule has 9 heteroatoms. The second-order valence-corrected chi connectivity index (χ2v) is 2.43. The number of aliphatic hydroxyl groups is 3. The molecule has 0 aliphatic rings. The maximum atomic E-state index is 9.85. The zero-order valence-electron chi connectivity index (χ0n) is 7.91. The van der Waals surface area contributed by atoms with E-state index in [0.717, 1.165) is 0 Å². The van der Waals surface area contributed by atoms with Crippen molar-refractivity contribution in [3.63, 3.8) is 0 Å². The monoisotopic (exact) mass is 226 g/mol. The molecule has 8 N–H and O–H groups in total. The average Bonchev–Trinajstić information content (AvgIpc) is 2.02. The van der Waals surface area contributed by atoms with Crippen LogP contribution in [0.15, 0.2) is 0 Å². The molecule has 15 heavy (non-hydrogen) atoms. The van der Waals surface area contributed by atoms with Crippen LogP contribution in [0.4, 0.5) is 0 Å². The van der Waals surface area contributed by atoms with Crippen LogP contribution in [-0.2, 0) is 9.59 Å². The third-order valence-corrected chi connectivity index (χ3v) is 1.05. The summed E-state index contributed by atoms with van der Waals surface area (Å²) in [5.41, 5.74) is 4.84. The lowest BCUT2D eigenvalue weighted by Gasteiger charge is -2.09. The van der Waals surface area contributed by atoms with Gasteiger partial charge in [-0.1, -0.05) is 0 Å². The number of carboxylic acid groups (broad SMARTS) is 2. The molecular weight excluding hydrogens is 212 g/mol. The van der Waals surface area contributed by atoms with Crippen LogP contribution in [0, 0.1) is 0 Å². The number of hydrogen-bond donors (Lipinski definition) is 7. The fraction of sp³-hybridized carbons (Fsp3) is 0.667. The Balaban J connectivity index is 0. The highest BCUT2D eigenvalue weighted by molar-refractivity contribution is 5.80. The van der Waals surface area contributed by atoms with Gasteiger partial charge in [0.25, 0.3) is 0 Å². The molecule has 0 heterocycles. The first kappa shape index (κ1) is 16.2. The van der Waals surface area contributed by atoms with Crippen LogP contribution in [0.3, 0.4) is 0 Å². The van der Waals surface area contributed by atoms with Crippen molar-refractivity contribution >= 4 is 11.9 Å². The number of hydrogen-bond acceptors (Lipinski definition) is 7. The summed E-state index contributed by atoms with van der Waals surface area (Å²) in [5, 5.41) is 41.3. The lowest BCUT2D eigenvalue weighted by molar-refractivity contribution is -0.328. The Kier molecular flexibility index (Phi) is 7.65. The maximum absolute atomic E-state index is 9.85. The van der Waals surface area contributed by atoms with Crippen molar-refractivity contribution in [1.82, 2.24) is 5.32 Å². The van der Waals surface area contributed by atoms with Gasteiger partial charge in [-0.2, -0.15) is 0 Å². The van der Waals surface area contributed by atoms with E-state index < -0.39 is 30.5 Å². The molecule has 0 aromatic heterocycles. The van der Waals surface area contributed by atoms with E-state index in [0.29, 0.717) is 0 Å². The largest absolute Gasteiger partial charge is 0.481 e. The summed E-state index contributed by atoms with van der Waals surface area (Å²) in [7, 11) is 1.21. The molecule has 0 spiro atoms. The van der Waals surface area contributed by atoms with E-state index >= 15 is 0 Å². The number of nitrogens with two attached hydrogens (primary N) is 1. The SMILES string of the molecule is CNC(O)(O)O.NC(CC(=O)O)C(=O)O. The molecule has 0 radical (unpaired) electrons. The van der Waals surface area contributed by atoms with E-state index in [1.807, 2.05) is 0 Å². The van der Waals surface area contributed by atoms with Crippen molar-refractivity contribution < 1.29 is 35.1 Å². The molecular formula is C6H14N2O7. The smallest absolute Gasteiger partial charge is 0.342 e. The molecule has 0 amide bonds. The van der Waals surface area contributed by atoms with Crippen molar-refractivity contribution in [3.8, 4) is 0 Å². The summed E-state index contributed by atoms with van der Waals surface area (Å²) in [5.74, 6) is -2.50. The lowest BCUT2D eigenvalue weighted by atomic mass is 10.2. The molecule has 0 aromatic carbocycles. The zero-order valence-corrected chi connectivity index (χ0v) is 7.91. The third-order valence-electron chi connectivity index (χ3n) is 1.05. The van der Waals surface area contributed by atoms with Crippen LogP contribution in [0.25, 0.3) is 0 Å². The Morgan fingerprint density at radius 1 is 1.33 bits per heavy atom. The molecule has 0 saturated heterocycles. The van der Waals surface area contributed by atoms with Gasteiger partial charge in [0.05, 0.1) is 6.42 Å². The molecule has 0 fully saturated rings. The van der Waals surface area contributed by atoms with Gasteiger partial charge in [0.2, 0.25) is 0 Å². The normalized spacial score (nSPS) is 12.3. The van der Waals surface area contributed by atoms with Crippen LogP contribution < -0.4 is 11.1 Å². The molecule has 0 bridgehead atoms. The molecule has 0 aliphatic carbocycles. The van der Waals surface area contributed by atoms with E-state index in [4.69, 9.17) is 31.3 Å². The third kappa shape index (κ3) is 15.5. The van der Waals surface area contributed by atoms with Gasteiger partial charge in [-0.3, -0.25) is 9.59 Å². The quantitative estimate of drug-likeness (QED) is 0.242. The zero-order chi connectivity index (χ0) is 12.6. The van der Waals surface area contributed by atoms with Crippen molar-refractivity contribution in [2.24, 2.45) is 5.73 Å². The van der Waals surface area contributed by atoms with Gasteiger partial charge in [0.1, 0.15) is 6.04 Å². The Morgan fingerprint density at radius 3 is 1.73 bits per heavy atom. The van der Waals surface area contributed by atoms with E-state index in [9.17, 15) is 9.59 Å². The average molecular weight is 226 g/mol. The molecule has 0 saturated carbocycles. The Bertz CT molecular complexity index is 212. The van der Waals surface area contributed by atoms with Crippen molar-refractivity contribution in [1.29, 1.82) is 0 Å². The second kappa shape index (κ2) is 7.09. The topological polar surface area (TPSA) is 173 Å². The Morgan fingerprint density at radius 2 is 1.67 bits per heavy atom. The molecule has 9 nitrogen and oxygen atoms in total. The summed E-state index contributed by atoms with van der Waals surface area (Å²) < 4.78 is 0. The van der Waals surface area contributed by atoms with Crippen LogP contribution in [0.1, 0.15) is 6.42 Å². The fourth-order valence-corrected chi connectivity index (χ4v) is 0.275. The van der Waals surface area contributed by atoms with Gasteiger partial charge in [0.15, 0.2) is 0 Å². The van der Waals surface area contributed by atoms with Gasteiger partial charge < -0.3 is 31.3 Å². The van der Waals surface area contributed by atoms with Crippen molar-refractivity contribution in [3.05, 3.63) is 0 Å². The van der Waals surface area contributed by atoms with Gasteiger partial charge in [-0.25, -0.2) is 5.32 Å². The highest BCUT2D eigenvalue weighted by Crippen LogP contribution is 1.86. The van der Waals surface area contributed by atoms with Gasteiger partial charge in [-0.15, -0.1) is 0 Å². The molecule has 1 unspecified atom stereocenters. The number of carbonyl (C=O) groups is 2. The number of carboxylic acids is 2.